The van der Waals surface area contributed by atoms with Crippen molar-refractivity contribution in [1.82, 2.24) is 16.0 Å². The van der Waals surface area contributed by atoms with E-state index in [0.29, 0.717) is 12.0 Å². The molecule has 1 fully saturated rings. The molecule has 10 nitrogen and oxygen atoms in total. The molecule has 1 aliphatic rings. The molecule has 0 heterocycles. The minimum absolute atomic E-state index is 0.0419. The third-order valence-corrected chi connectivity index (χ3v) is 5.72. The number of halogens is 2. The average Bonchev–Trinajstić information content (AvgIpc) is 3.61. The molecule has 2 unspecified atom stereocenters. The summed E-state index contributed by atoms with van der Waals surface area (Å²) < 4.78 is 31.4. The summed E-state index contributed by atoms with van der Waals surface area (Å²) in [7, 11) is 0. The van der Waals surface area contributed by atoms with Crippen LogP contribution in [0.1, 0.15) is 51.5 Å². The third-order valence-electron chi connectivity index (χ3n) is 5.72. The number of aliphatic carboxylic acids is 1. The minimum Gasteiger partial charge on any atom is -0.481 e. The predicted octanol–water partition coefficient (Wildman–Crippen LogP) is 1.24. The Labute approximate surface area is 207 Å². The van der Waals surface area contributed by atoms with Crippen molar-refractivity contribution < 1.29 is 42.6 Å². The van der Waals surface area contributed by atoms with E-state index in [1.54, 1.807) is 20.8 Å². The lowest BCUT2D eigenvalue weighted by Gasteiger charge is -2.24. The first-order valence-electron chi connectivity index (χ1n) is 11.6. The van der Waals surface area contributed by atoms with Gasteiger partial charge in [-0.2, -0.15) is 0 Å². The molecule has 2 rings (SSSR count). The zero-order chi connectivity index (χ0) is 27.0. The van der Waals surface area contributed by atoms with Crippen LogP contribution >= 0.6 is 0 Å². The molecular formula is C24H31F2N3O7. The first-order chi connectivity index (χ1) is 16.9. The summed E-state index contributed by atoms with van der Waals surface area (Å²) in [6, 6.07) is 1.19. The number of esters is 1. The number of nitrogens with one attached hydrogen (secondary N) is 3. The van der Waals surface area contributed by atoms with Crippen LogP contribution in [0.4, 0.5) is 8.78 Å². The molecule has 4 N–H and O–H groups in total. The van der Waals surface area contributed by atoms with E-state index in [9.17, 15) is 32.8 Å². The van der Waals surface area contributed by atoms with Gasteiger partial charge in [0, 0.05) is 12.3 Å². The Morgan fingerprint density at radius 3 is 2.39 bits per heavy atom. The molecule has 0 aliphatic heterocycles. The van der Waals surface area contributed by atoms with Crippen LogP contribution in [0, 0.1) is 23.5 Å². The van der Waals surface area contributed by atoms with Gasteiger partial charge in [0.05, 0.1) is 13.2 Å². The standard InChI is InChI=1S/C24H31F2N3O7/c1-4-36-24(35)18(7-8-20(31)32)28-23(34)21(12(2)3)29-19(30)11-27-22(33)15-10-14(15)13-5-6-16(25)17(26)9-13/h5-6,9,12,14-15,18,21H,4,7-8,10-11H2,1-3H3,(H,27,33)(H,28,34)(H,29,30)(H,31,32)/t14?,15?,18-,21+/m1/s1. The lowest BCUT2D eigenvalue weighted by atomic mass is 10.0. The van der Waals surface area contributed by atoms with Gasteiger partial charge in [0.1, 0.15) is 12.1 Å². The smallest absolute Gasteiger partial charge is 0.328 e. The molecule has 1 aliphatic carbocycles. The topological polar surface area (TPSA) is 151 Å². The van der Waals surface area contributed by atoms with Crippen LogP contribution in [-0.4, -0.2) is 60.0 Å². The van der Waals surface area contributed by atoms with Crippen LogP contribution in [0.15, 0.2) is 18.2 Å². The zero-order valence-electron chi connectivity index (χ0n) is 20.3. The average molecular weight is 512 g/mol. The molecule has 3 amide bonds. The maximum atomic E-state index is 13.4. The van der Waals surface area contributed by atoms with E-state index in [1.807, 2.05) is 0 Å². The Balaban J connectivity index is 1.89. The van der Waals surface area contributed by atoms with Gasteiger partial charge in [0.2, 0.25) is 17.7 Å². The largest absolute Gasteiger partial charge is 0.481 e. The normalized spacial score (nSPS) is 18.1. The molecule has 0 saturated heterocycles. The van der Waals surface area contributed by atoms with E-state index in [0.717, 1.165) is 12.1 Å². The van der Waals surface area contributed by atoms with Gasteiger partial charge in [-0.15, -0.1) is 0 Å². The van der Waals surface area contributed by atoms with E-state index in [4.69, 9.17) is 9.84 Å². The second-order valence-corrected chi connectivity index (χ2v) is 8.87. The highest BCUT2D eigenvalue weighted by molar-refractivity contribution is 5.93. The summed E-state index contributed by atoms with van der Waals surface area (Å²) in [5, 5.41) is 16.3. The van der Waals surface area contributed by atoms with E-state index >= 15 is 0 Å². The summed E-state index contributed by atoms with van der Waals surface area (Å²) in [6.45, 7) is 4.52. The molecule has 4 atom stereocenters. The molecule has 0 bridgehead atoms. The fraction of sp³-hybridized carbons (Fsp3) is 0.542. The van der Waals surface area contributed by atoms with Gasteiger partial charge in [-0.3, -0.25) is 19.2 Å². The third kappa shape index (κ3) is 8.28. The second kappa shape index (κ2) is 12.9. The van der Waals surface area contributed by atoms with Crippen molar-refractivity contribution in [1.29, 1.82) is 0 Å². The van der Waals surface area contributed by atoms with Crippen molar-refractivity contribution in [2.45, 2.75) is 58.0 Å². The number of carbonyl (C=O) groups excluding carboxylic acids is 4. The number of carbonyl (C=O) groups is 5. The Bertz CT molecular complexity index is 1000. The van der Waals surface area contributed by atoms with Crippen LogP contribution in [0.5, 0.6) is 0 Å². The predicted molar refractivity (Wildman–Crippen MR) is 122 cm³/mol. The Hall–Kier alpha value is -3.57. The summed E-state index contributed by atoms with van der Waals surface area (Å²) in [5.41, 5.74) is 0.495. The highest BCUT2D eigenvalue weighted by Crippen LogP contribution is 2.47. The van der Waals surface area contributed by atoms with Gasteiger partial charge in [0.25, 0.3) is 0 Å². The number of carboxylic acids is 1. The first-order valence-corrected chi connectivity index (χ1v) is 11.6. The number of amides is 3. The summed E-state index contributed by atoms with van der Waals surface area (Å²) in [6.07, 6.45) is -0.127. The maximum Gasteiger partial charge on any atom is 0.328 e. The summed E-state index contributed by atoms with van der Waals surface area (Å²) in [4.78, 5) is 60.5. The number of hydrogen-bond donors (Lipinski definition) is 4. The molecule has 198 valence electrons. The molecule has 12 heteroatoms. The Kier molecular flexibility index (Phi) is 10.3. The van der Waals surface area contributed by atoms with Gasteiger partial charge in [0.15, 0.2) is 11.6 Å². The molecular weight excluding hydrogens is 480 g/mol. The quantitative estimate of drug-likeness (QED) is 0.291. The van der Waals surface area contributed by atoms with E-state index in [2.05, 4.69) is 16.0 Å². The lowest BCUT2D eigenvalue weighted by molar-refractivity contribution is -0.148. The maximum absolute atomic E-state index is 13.4. The highest BCUT2D eigenvalue weighted by Gasteiger charge is 2.44. The van der Waals surface area contributed by atoms with Gasteiger partial charge < -0.3 is 25.8 Å². The van der Waals surface area contributed by atoms with Crippen molar-refractivity contribution in [3.8, 4) is 0 Å². The molecule has 1 aromatic rings. The number of ether oxygens (including phenoxy) is 1. The Morgan fingerprint density at radius 2 is 1.81 bits per heavy atom. The van der Waals surface area contributed by atoms with Crippen LogP contribution in [0.3, 0.4) is 0 Å². The fourth-order valence-electron chi connectivity index (χ4n) is 3.68. The minimum atomic E-state index is -1.20. The van der Waals surface area contributed by atoms with Crippen molar-refractivity contribution in [2.24, 2.45) is 11.8 Å². The van der Waals surface area contributed by atoms with Crippen LogP contribution in [0.2, 0.25) is 0 Å². The number of rotatable bonds is 13. The van der Waals surface area contributed by atoms with Gasteiger partial charge in [-0.25, -0.2) is 13.6 Å². The van der Waals surface area contributed by atoms with E-state index < -0.39 is 71.8 Å². The molecule has 1 aromatic carbocycles. The number of hydrogen-bond acceptors (Lipinski definition) is 6. The van der Waals surface area contributed by atoms with Crippen molar-refractivity contribution in [3.05, 3.63) is 35.4 Å². The SMILES string of the molecule is CCOC(=O)[C@@H](CCC(=O)O)NC(=O)[C@@H](NC(=O)CNC(=O)C1CC1c1ccc(F)c(F)c1)C(C)C. The molecule has 0 spiro atoms. The van der Waals surface area contributed by atoms with Crippen LogP contribution in [0.25, 0.3) is 0 Å². The first kappa shape index (κ1) is 28.7. The monoisotopic (exact) mass is 511 g/mol. The van der Waals surface area contributed by atoms with Crippen molar-refractivity contribution in [3.63, 3.8) is 0 Å². The second-order valence-electron chi connectivity index (χ2n) is 8.87. The molecule has 0 aromatic heterocycles. The molecule has 36 heavy (non-hydrogen) atoms. The van der Waals surface area contributed by atoms with E-state index in [1.165, 1.54) is 6.07 Å². The number of benzene rings is 1. The van der Waals surface area contributed by atoms with E-state index in [-0.39, 0.29) is 25.4 Å². The van der Waals surface area contributed by atoms with Crippen LogP contribution < -0.4 is 16.0 Å². The zero-order valence-corrected chi connectivity index (χ0v) is 20.3. The van der Waals surface area contributed by atoms with Crippen molar-refractivity contribution in [2.75, 3.05) is 13.2 Å². The Morgan fingerprint density at radius 1 is 1.11 bits per heavy atom. The fourth-order valence-corrected chi connectivity index (χ4v) is 3.68. The summed E-state index contributed by atoms with van der Waals surface area (Å²) >= 11 is 0. The van der Waals surface area contributed by atoms with Gasteiger partial charge >= 0.3 is 11.9 Å². The van der Waals surface area contributed by atoms with Gasteiger partial charge in [-0.05, 0) is 49.3 Å². The summed E-state index contributed by atoms with van der Waals surface area (Å²) in [5.74, 6) is -6.84. The molecule has 0 radical (unpaired) electrons. The van der Waals surface area contributed by atoms with Crippen LogP contribution in [-0.2, 0) is 28.7 Å². The number of carboxylic acid groups (broad SMARTS) is 1. The molecule has 1 saturated carbocycles. The lowest BCUT2D eigenvalue weighted by Crippen LogP contribution is -2.55. The van der Waals surface area contributed by atoms with Gasteiger partial charge in [-0.1, -0.05) is 19.9 Å². The highest BCUT2D eigenvalue weighted by atomic mass is 19.2. The van der Waals surface area contributed by atoms with Crippen molar-refractivity contribution >= 4 is 29.7 Å².